The Bertz CT molecular complexity index is 840. The molecule has 9 heteroatoms. The first-order chi connectivity index (χ1) is 14.2. The number of hydrogen-bond donors (Lipinski definition) is 1. The van der Waals surface area contributed by atoms with Crippen LogP contribution in [0.15, 0.2) is 18.2 Å². The molecule has 0 aliphatic carbocycles. The van der Waals surface area contributed by atoms with Gasteiger partial charge in [-0.05, 0) is 37.8 Å². The number of benzene rings is 1. The Morgan fingerprint density at radius 1 is 1.30 bits per heavy atom. The lowest BCUT2D eigenvalue weighted by molar-refractivity contribution is -0.384. The molecule has 0 spiro atoms. The second-order valence-electron chi connectivity index (χ2n) is 7.96. The summed E-state index contributed by atoms with van der Waals surface area (Å²) in [7, 11) is 0. The molecule has 1 amide bonds. The third-order valence-corrected chi connectivity index (χ3v) is 5.47. The molecule has 1 aliphatic heterocycles. The molecular formula is C21H28N4O5. The van der Waals surface area contributed by atoms with E-state index in [2.05, 4.69) is 5.32 Å². The van der Waals surface area contributed by atoms with Gasteiger partial charge in [-0.3, -0.25) is 14.9 Å². The van der Waals surface area contributed by atoms with Gasteiger partial charge in [-0.25, -0.2) is 4.79 Å². The van der Waals surface area contributed by atoms with Gasteiger partial charge in [0.2, 0.25) is 0 Å². The molecule has 2 rings (SSSR count). The molecule has 0 unspecified atom stereocenters. The molecule has 0 aromatic heterocycles. The predicted octanol–water partition coefficient (Wildman–Crippen LogP) is 3.19. The van der Waals surface area contributed by atoms with Crippen LogP contribution < -0.4 is 10.2 Å². The van der Waals surface area contributed by atoms with Crippen molar-refractivity contribution in [2.45, 2.75) is 52.0 Å². The number of nitrogens with one attached hydrogen (secondary N) is 1. The summed E-state index contributed by atoms with van der Waals surface area (Å²) in [5.74, 6) is -1.59. The Labute approximate surface area is 176 Å². The monoisotopic (exact) mass is 416 g/mol. The minimum absolute atomic E-state index is 0.0000218. The van der Waals surface area contributed by atoms with E-state index in [1.165, 1.54) is 12.1 Å². The lowest BCUT2D eigenvalue weighted by Crippen LogP contribution is -2.50. The number of amides is 1. The number of carbonyl (C=O) groups excluding carboxylic acids is 2. The number of hydrogen-bond acceptors (Lipinski definition) is 7. The van der Waals surface area contributed by atoms with E-state index in [1.54, 1.807) is 26.8 Å². The van der Waals surface area contributed by atoms with Crippen molar-refractivity contribution in [3.63, 3.8) is 0 Å². The number of nitro benzene ring substituents is 1. The molecule has 0 saturated carbocycles. The van der Waals surface area contributed by atoms with Crippen molar-refractivity contribution >= 4 is 23.3 Å². The summed E-state index contributed by atoms with van der Waals surface area (Å²) in [6, 6.07) is 6.26. The van der Waals surface area contributed by atoms with E-state index in [1.807, 2.05) is 11.0 Å². The van der Waals surface area contributed by atoms with E-state index in [0.717, 1.165) is 38.8 Å². The van der Waals surface area contributed by atoms with Crippen LogP contribution in [0.5, 0.6) is 0 Å². The standard InChI is InChI=1S/C21H28N4O5/c1-15(2)21(3,14-22)23-19(26)13-30-20(27)16-8-9-17(18(12-16)25(28)29)24-10-6-4-5-7-11-24/h8-9,12,15H,4-7,10-11,13H2,1-3H3,(H,23,26)/t21-/m0/s1. The molecule has 162 valence electrons. The lowest BCUT2D eigenvalue weighted by atomic mass is 9.90. The third-order valence-electron chi connectivity index (χ3n) is 5.47. The van der Waals surface area contributed by atoms with Crippen molar-refractivity contribution in [1.82, 2.24) is 5.32 Å². The second kappa shape index (κ2) is 10.1. The average molecular weight is 416 g/mol. The highest BCUT2D eigenvalue weighted by atomic mass is 16.6. The smallest absolute Gasteiger partial charge is 0.338 e. The Hall–Kier alpha value is -3.15. The zero-order chi connectivity index (χ0) is 22.3. The van der Waals surface area contributed by atoms with Crippen LogP contribution in [0, 0.1) is 27.4 Å². The minimum atomic E-state index is -1.09. The fourth-order valence-electron chi connectivity index (χ4n) is 3.22. The van der Waals surface area contributed by atoms with Crippen LogP contribution in [-0.2, 0) is 9.53 Å². The molecule has 1 atom stereocenters. The second-order valence-corrected chi connectivity index (χ2v) is 7.96. The van der Waals surface area contributed by atoms with Gasteiger partial charge < -0.3 is 15.0 Å². The van der Waals surface area contributed by atoms with Crippen molar-refractivity contribution in [2.24, 2.45) is 5.92 Å². The number of nitrogens with zero attached hydrogens (tertiary/aromatic N) is 3. The number of esters is 1. The molecule has 1 aromatic carbocycles. The van der Waals surface area contributed by atoms with E-state index >= 15 is 0 Å². The first kappa shape index (κ1) is 23.1. The van der Waals surface area contributed by atoms with Crippen LogP contribution in [0.25, 0.3) is 0 Å². The Kier molecular flexibility index (Phi) is 7.75. The van der Waals surface area contributed by atoms with Gasteiger partial charge in [-0.1, -0.05) is 26.7 Å². The van der Waals surface area contributed by atoms with Crippen LogP contribution in [0.1, 0.15) is 56.8 Å². The Morgan fingerprint density at radius 2 is 1.93 bits per heavy atom. The van der Waals surface area contributed by atoms with E-state index in [0.29, 0.717) is 5.69 Å². The molecule has 0 radical (unpaired) electrons. The van der Waals surface area contributed by atoms with Crippen molar-refractivity contribution in [2.75, 3.05) is 24.6 Å². The minimum Gasteiger partial charge on any atom is -0.452 e. The largest absolute Gasteiger partial charge is 0.452 e. The highest BCUT2D eigenvalue weighted by Gasteiger charge is 2.30. The first-order valence-corrected chi connectivity index (χ1v) is 10.1. The molecule has 1 aromatic rings. The van der Waals surface area contributed by atoms with E-state index in [9.17, 15) is 25.0 Å². The molecule has 1 heterocycles. The van der Waals surface area contributed by atoms with Crippen LogP contribution >= 0.6 is 0 Å². The fraction of sp³-hybridized carbons (Fsp3) is 0.571. The molecule has 1 fully saturated rings. The highest BCUT2D eigenvalue weighted by molar-refractivity contribution is 5.93. The molecule has 1 saturated heterocycles. The first-order valence-electron chi connectivity index (χ1n) is 10.1. The summed E-state index contributed by atoms with van der Waals surface area (Å²) in [6.45, 7) is 6.06. The molecule has 1 N–H and O–H groups in total. The predicted molar refractivity (Wildman–Crippen MR) is 111 cm³/mol. The number of nitriles is 1. The van der Waals surface area contributed by atoms with Crippen molar-refractivity contribution in [3.05, 3.63) is 33.9 Å². The zero-order valence-corrected chi connectivity index (χ0v) is 17.6. The van der Waals surface area contributed by atoms with Crippen LogP contribution in [0.4, 0.5) is 11.4 Å². The molecule has 9 nitrogen and oxygen atoms in total. The Balaban J connectivity index is 2.09. The van der Waals surface area contributed by atoms with Gasteiger partial charge in [-0.2, -0.15) is 5.26 Å². The number of rotatable bonds is 7. The molecule has 1 aliphatic rings. The normalized spacial score (nSPS) is 16.2. The highest BCUT2D eigenvalue weighted by Crippen LogP contribution is 2.31. The van der Waals surface area contributed by atoms with Gasteiger partial charge in [-0.15, -0.1) is 0 Å². The summed E-state index contributed by atoms with van der Waals surface area (Å²) in [6.07, 6.45) is 4.12. The van der Waals surface area contributed by atoms with Gasteiger partial charge in [0.1, 0.15) is 11.2 Å². The summed E-state index contributed by atoms with van der Waals surface area (Å²) in [4.78, 5) is 37.4. The summed E-state index contributed by atoms with van der Waals surface area (Å²) in [5.41, 5.74) is -0.762. The SMILES string of the molecule is CC(C)[C@](C)(C#N)NC(=O)COC(=O)c1ccc(N2CCCCCC2)c([N+](=O)[O-])c1. The van der Waals surface area contributed by atoms with Gasteiger partial charge in [0, 0.05) is 19.2 Å². The number of carbonyl (C=O) groups is 2. The number of ether oxygens (including phenoxy) is 1. The maximum atomic E-state index is 12.3. The van der Waals surface area contributed by atoms with E-state index in [-0.39, 0.29) is 17.2 Å². The average Bonchev–Trinajstić information content (AvgIpc) is 3.00. The van der Waals surface area contributed by atoms with Gasteiger partial charge >= 0.3 is 5.97 Å². The third kappa shape index (κ3) is 5.69. The number of nitro groups is 1. The topological polar surface area (TPSA) is 126 Å². The quantitative estimate of drug-likeness (QED) is 0.411. The molecule has 30 heavy (non-hydrogen) atoms. The van der Waals surface area contributed by atoms with Crippen molar-refractivity contribution in [1.29, 1.82) is 5.26 Å². The lowest BCUT2D eigenvalue weighted by Gasteiger charge is -2.27. The zero-order valence-electron chi connectivity index (χ0n) is 17.6. The van der Waals surface area contributed by atoms with Gasteiger partial charge in [0.25, 0.3) is 11.6 Å². The summed E-state index contributed by atoms with van der Waals surface area (Å²) in [5, 5.41) is 23.4. The van der Waals surface area contributed by atoms with Crippen molar-refractivity contribution in [3.8, 4) is 6.07 Å². The van der Waals surface area contributed by atoms with Crippen LogP contribution in [0.3, 0.4) is 0 Å². The summed E-state index contributed by atoms with van der Waals surface area (Å²) < 4.78 is 5.00. The molecule has 0 bridgehead atoms. The number of anilines is 1. The summed E-state index contributed by atoms with van der Waals surface area (Å²) >= 11 is 0. The molecular weight excluding hydrogens is 388 g/mol. The van der Waals surface area contributed by atoms with E-state index < -0.39 is 28.9 Å². The maximum Gasteiger partial charge on any atom is 0.338 e. The fourth-order valence-corrected chi connectivity index (χ4v) is 3.22. The Morgan fingerprint density at radius 3 is 2.47 bits per heavy atom. The van der Waals surface area contributed by atoms with Crippen LogP contribution in [0.2, 0.25) is 0 Å². The van der Waals surface area contributed by atoms with Gasteiger partial charge in [0.15, 0.2) is 6.61 Å². The van der Waals surface area contributed by atoms with Crippen LogP contribution in [-0.4, -0.2) is 42.0 Å². The maximum absolute atomic E-state index is 12.3. The van der Waals surface area contributed by atoms with E-state index in [4.69, 9.17) is 4.74 Å². The van der Waals surface area contributed by atoms with Gasteiger partial charge in [0.05, 0.1) is 16.6 Å². The van der Waals surface area contributed by atoms with Crippen molar-refractivity contribution < 1.29 is 19.2 Å².